The number of benzene rings is 1. The molecular formula is C19H19FN4O2. The van der Waals surface area contributed by atoms with Crippen LogP contribution in [0.25, 0.3) is 5.78 Å². The SMILES string of the molecule is Cc1nc2ncccn2c1C(=O)N[C@@H](c1ccc(F)cc1)C1CC(O)C1. The molecule has 0 aliphatic heterocycles. The van der Waals surface area contributed by atoms with Crippen molar-refractivity contribution in [1.29, 1.82) is 0 Å². The number of hydrogen-bond donors (Lipinski definition) is 2. The number of rotatable bonds is 4. The van der Waals surface area contributed by atoms with E-state index in [0.29, 0.717) is 30.0 Å². The average molecular weight is 354 g/mol. The summed E-state index contributed by atoms with van der Waals surface area (Å²) in [5, 5.41) is 12.7. The third-order valence-corrected chi connectivity index (χ3v) is 4.93. The number of halogens is 1. The number of aromatic nitrogens is 3. The van der Waals surface area contributed by atoms with Crippen molar-refractivity contribution in [3.8, 4) is 0 Å². The van der Waals surface area contributed by atoms with Gasteiger partial charge in [-0.2, -0.15) is 0 Å². The zero-order valence-electron chi connectivity index (χ0n) is 14.3. The van der Waals surface area contributed by atoms with Crippen molar-refractivity contribution in [3.63, 3.8) is 0 Å². The Morgan fingerprint density at radius 2 is 2.08 bits per heavy atom. The van der Waals surface area contributed by atoms with Crippen molar-refractivity contribution in [2.24, 2.45) is 5.92 Å². The highest BCUT2D eigenvalue weighted by Gasteiger charge is 2.36. The van der Waals surface area contributed by atoms with E-state index in [1.165, 1.54) is 12.1 Å². The molecule has 0 saturated heterocycles. The Bertz CT molecular complexity index is 948. The lowest BCUT2D eigenvalue weighted by Crippen LogP contribution is -2.41. The maximum Gasteiger partial charge on any atom is 0.270 e. The monoisotopic (exact) mass is 354 g/mol. The van der Waals surface area contributed by atoms with Gasteiger partial charge in [0.1, 0.15) is 11.5 Å². The molecule has 1 aliphatic carbocycles. The number of hydrogen-bond acceptors (Lipinski definition) is 4. The minimum Gasteiger partial charge on any atom is -0.393 e. The molecule has 0 unspecified atom stereocenters. The van der Waals surface area contributed by atoms with Crippen LogP contribution in [0, 0.1) is 18.7 Å². The molecule has 1 aromatic carbocycles. The molecule has 1 atom stereocenters. The Labute approximate surface area is 149 Å². The first-order valence-electron chi connectivity index (χ1n) is 8.57. The van der Waals surface area contributed by atoms with Crippen LogP contribution in [0.3, 0.4) is 0 Å². The van der Waals surface area contributed by atoms with Crippen LogP contribution >= 0.6 is 0 Å². The molecule has 0 spiro atoms. The number of aryl methyl sites for hydroxylation is 1. The van der Waals surface area contributed by atoms with E-state index in [2.05, 4.69) is 15.3 Å². The normalized spacial score (nSPS) is 20.6. The number of aliphatic hydroxyl groups is 1. The van der Waals surface area contributed by atoms with Gasteiger partial charge in [0.05, 0.1) is 17.8 Å². The van der Waals surface area contributed by atoms with Crippen molar-refractivity contribution in [2.45, 2.75) is 31.9 Å². The van der Waals surface area contributed by atoms with Crippen LogP contribution in [0.4, 0.5) is 4.39 Å². The van der Waals surface area contributed by atoms with Gasteiger partial charge < -0.3 is 10.4 Å². The average Bonchev–Trinajstić information content (AvgIpc) is 2.94. The van der Waals surface area contributed by atoms with Gasteiger partial charge in [-0.1, -0.05) is 12.1 Å². The third-order valence-electron chi connectivity index (χ3n) is 4.93. The van der Waals surface area contributed by atoms with E-state index < -0.39 is 0 Å². The minimum atomic E-state index is -0.346. The summed E-state index contributed by atoms with van der Waals surface area (Å²) in [4.78, 5) is 21.5. The van der Waals surface area contributed by atoms with Crippen LogP contribution in [-0.4, -0.2) is 31.5 Å². The summed E-state index contributed by atoms with van der Waals surface area (Å²) in [5.41, 5.74) is 1.84. The summed E-state index contributed by atoms with van der Waals surface area (Å²) in [6, 6.07) is 7.56. The van der Waals surface area contributed by atoms with Crippen LogP contribution in [0.2, 0.25) is 0 Å². The van der Waals surface area contributed by atoms with Crippen LogP contribution in [0.15, 0.2) is 42.7 Å². The lowest BCUT2D eigenvalue weighted by atomic mass is 9.75. The first kappa shape index (κ1) is 16.7. The second-order valence-corrected chi connectivity index (χ2v) is 6.72. The van der Waals surface area contributed by atoms with E-state index in [1.807, 2.05) is 0 Å². The molecule has 2 N–H and O–H groups in total. The van der Waals surface area contributed by atoms with E-state index in [1.54, 1.807) is 41.9 Å². The molecule has 7 heteroatoms. The van der Waals surface area contributed by atoms with Gasteiger partial charge in [-0.15, -0.1) is 0 Å². The van der Waals surface area contributed by atoms with Gasteiger partial charge in [0.15, 0.2) is 0 Å². The van der Waals surface area contributed by atoms with Gasteiger partial charge in [-0.3, -0.25) is 9.20 Å². The van der Waals surface area contributed by atoms with Crippen LogP contribution < -0.4 is 5.32 Å². The van der Waals surface area contributed by atoms with Gasteiger partial charge >= 0.3 is 0 Å². The summed E-state index contributed by atoms with van der Waals surface area (Å²) in [5.74, 6) is -0.0144. The van der Waals surface area contributed by atoms with Crippen molar-refractivity contribution in [2.75, 3.05) is 0 Å². The Kier molecular flexibility index (Phi) is 4.16. The second-order valence-electron chi connectivity index (χ2n) is 6.72. The topological polar surface area (TPSA) is 79.5 Å². The summed E-state index contributed by atoms with van der Waals surface area (Å²) >= 11 is 0. The van der Waals surface area contributed by atoms with Crippen molar-refractivity contribution < 1.29 is 14.3 Å². The molecule has 2 aromatic heterocycles. The molecule has 26 heavy (non-hydrogen) atoms. The predicted molar refractivity (Wildman–Crippen MR) is 93.1 cm³/mol. The molecule has 0 bridgehead atoms. The lowest BCUT2D eigenvalue weighted by molar-refractivity contribution is 0.0234. The largest absolute Gasteiger partial charge is 0.393 e. The second kappa shape index (κ2) is 6.49. The van der Waals surface area contributed by atoms with Gasteiger partial charge in [-0.25, -0.2) is 14.4 Å². The fourth-order valence-electron chi connectivity index (χ4n) is 3.53. The molecule has 134 valence electrons. The zero-order valence-corrected chi connectivity index (χ0v) is 14.3. The standard InChI is InChI=1S/C19H19FN4O2/c1-11-17(24-8-2-7-21-19(24)22-11)18(26)23-16(13-9-15(25)10-13)12-3-5-14(20)6-4-12/h2-8,13,15-16,25H,9-10H2,1H3,(H,23,26)/t13?,15?,16-/m0/s1. The molecule has 1 saturated carbocycles. The van der Waals surface area contributed by atoms with Gasteiger partial charge in [0.2, 0.25) is 5.78 Å². The Hall–Kier alpha value is -2.80. The number of aliphatic hydroxyl groups excluding tert-OH is 1. The summed E-state index contributed by atoms with van der Waals surface area (Å²) in [6.07, 6.45) is 4.24. The van der Waals surface area contributed by atoms with Crippen LogP contribution in [-0.2, 0) is 0 Å². The summed E-state index contributed by atoms with van der Waals surface area (Å²) < 4.78 is 14.9. The Morgan fingerprint density at radius 1 is 1.35 bits per heavy atom. The van der Waals surface area contributed by atoms with Crippen molar-refractivity contribution in [3.05, 3.63) is 65.5 Å². The number of carbonyl (C=O) groups excluding carboxylic acids is 1. The Morgan fingerprint density at radius 3 is 2.77 bits per heavy atom. The number of amides is 1. The first-order chi connectivity index (χ1) is 12.5. The van der Waals surface area contributed by atoms with Crippen LogP contribution in [0.5, 0.6) is 0 Å². The smallest absolute Gasteiger partial charge is 0.270 e. The number of nitrogens with one attached hydrogen (secondary N) is 1. The minimum absolute atomic E-state index is 0.108. The maximum absolute atomic E-state index is 13.3. The van der Waals surface area contributed by atoms with E-state index in [9.17, 15) is 14.3 Å². The van der Waals surface area contributed by atoms with E-state index >= 15 is 0 Å². The summed E-state index contributed by atoms with van der Waals surface area (Å²) in [7, 11) is 0. The fourth-order valence-corrected chi connectivity index (χ4v) is 3.53. The Balaban J connectivity index is 1.65. The fraction of sp³-hybridized carbons (Fsp3) is 0.316. The van der Waals surface area contributed by atoms with Gasteiger partial charge in [0.25, 0.3) is 5.91 Å². The van der Waals surface area contributed by atoms with Gasteiger partial charge in [0, 0.05) is 12.4 Å². The highest BCUT2D eigenvalue weighted by atomic mass is 19.1. The quantitative estimate of drug-likeness (QED) is 0.754. The molecule has 2 heterocycles. The van der Waals surface area contributed by atoms with Crippen molar-refractivity contribution in [1.82, 2.24) is 19.7 Å². The van der Waals surface area contributed by atoms with E-state index in [-0.39, 0.29) is 29.8 Å². The van der Waals surface area contributed by atoms with Gasteiger partial charge in [-0.05, 0) is 49.4 Å². The van der Waals surface area contributed by atoms with E-state index in [0.717, 1.165) is 5.56 Å². The van der Waals surface area contributed by atoms with Crippen molar-refractivity contribution >= 4 is 11.7 Å². The number of carbonyl (C=O) groups is 1. The number of fused-ring (bicyclic) bond motifs is 1. The molecule has 1 fully saturated rings. The number of imidazole rings is 1. The highest BCUT2D eigenvalue weighted by Crippen LogP contribution is 2.38. The van der Waals surface area contributed by atoms with Crippen LogP contribution in [0.1, 0.15) is 40.6 Å². The molecule has 6 nitrogen and oxygen atoms in total. The molecule has 4 rings (SSSR count). The predicted octanol–water partition coefficient (Wildman–Crippen LogP) is 2.42. The molecular weight excluding hydrogens is 335 g/mol. The number of nitrogens with zero attached hydrogens (tertiary/aromatic N) is 3. The zero-order chi connectivity index (χ0) is 18.3. The molecule has 0 radical (unpaired) electrons. The summed E-state index contributed by atoms with van der Waals surface area (Å²) in [6.45, 7) is 1.77. The molecule has 3 aromatic rings. The highest BCUT2D eigenvalue weighted by molar-refractivity contribution is 5.94. The molecule has 1 aliphatic rings. The first-order valence-corrected chi connectivity index (χ1v) is 8.57. The molecule has 1 amide bonds. The third kappa shape index (κ3) is 2.94. The van der Waals surface area contributed by atoms with E-state index in [4.69, 9.17) is 0 Å². The maximum atomic E-state index is 13.3. The lowest BCUT2D eigenvalue weighted by Gasteiger charge is -2.38.